The van der Waals surface area contributed by atoms with Gasteiger partial charge in [-0.05, 0) is 18.2 Å². The first-order valence-electron chi connectivity index (χ1n) is 6.85. The Morgan fingerprint density at radius 1 is 1.22 bits per heavy atom. The van der Waals surface area contributed by atoms with Gasteiger partial charge in [-0.3, -0.25) is 0 Å². The van der Waals surface area contributed by atoms with Crippen LogP contribution in [0.4, 0.5) is 18.9 Å². The summed E-state index contributed by atoms with van der Waals surface area (Å²) in [5.74, 6) is 0.570. The van der Waals surface area contributed by atoms with Crippen molar-refractivity contribution in [2.24, 2.45) is 5.73 Å². The zero-order valence-corrected chi connectivity index (χ0v) is 12.9. The molecular weight excluding hydrogens is 329 g/mol. The van der Waals surface area contributed by atoms with Gasteiger partial charge >= 0.3 is 6.18 Å². The number of alkyl halides is 3. The predicted molar refractivity (Wildman–Crippen MR) is 82.9 cm³/mol. The van der Waals surface area contributed by atoms with Gasteiger partial charge in [-0.15, -0.1) is 0 Å². The van der Waals surface area contributed by atoms with Gasteiger partial charge in [0.05, 0.1) is 23.2 Å². The fourth-order valence-corrected chi connectivity index (χ4v) is 3.16. The quantitative estimate of drug-likeness (QED) is 0.867. The van der Waals surface area contributed by atoms with E-state index in [0.717, 1.165) is 6.07 Å². The molecule has 2 aromatic rings. The smallest absolute Gasteiger partial charge is 0.417 e. The van der Waals surface area contributed by atoms with Crippen LogP contribution in [-0.4, -0.2) is 13.7 Å². The van der Waals surface area contributed by atoms with E-state index in [-0.39, 0.29) is 11.6 Å². The lowest BCUT2D eigenvalue weighted by atomic mass is 9.84. The third-order valence-electron chi connectivity index (χ3n) is 4.04. The Morgan fingerprint density at radius 3 is 2.57 bits per heavy atom. The van der Waals surface area contributed by atoms with Crippen LogP contribution in [0.2, 0.25) is 5.02 Å². The fraction of sp³-hybridized carbons (Fsp3) is 0.250. The summed E-state index contributed by atoms with van der Waals surface area (Å²) in [5.41, 5.74) is 6.14. The first-order chi connectivity index (χ1) is 10.8. The molecule has 122 valence electrons. The summed E-state index contributed by atoms with van der Waals surface area (Å²) >= 11 is 5.85. The van der Waals surface area contributed by atoms with Crippen molar-refractivity contribution in [3.8, 4) is 5.75 Å². The minimum Gasteiger partial charge on any atom is -0.496 e. The van der Waals surface area contributed by atoms with E-state index < -0.39 is 17.3 Å². The summed E-state index contributed by atoms with van der Waals surface area (Å²) in [6.07, 6.45) is -4.52. The Morgan fingerprint density at radius 2 is 1.91 bits per heavy atom. The minimum absolute atomic E-state index is 0.250. The molecule has 1 heterocycles. The van der Waals surface area contributed by atoms with Crippen molar-refractivity contribution < 1.29 is 17.9 Å². The minimum atomic E-state index is -4.52. The summed E-state index contributed by atoms with van der Waals surface area (Å²) in [4.78, 5) is 0. The number of hydrogen-bond donors (Lipinski definition) is 2. The largest absolute Gasteiger partial charge is 0.496 e. The SMILES string of the molecule is COc1ccccc1C1(N)CNc2cc(C(F)(F)F)c(Cl)cc21. The molecule has 0 spiro atoms. The molecule has 0 fully saturated rings. The van der Waals surface area contributed by atoms with Gasteiger partial charge in [0.2, 0.25) is 0 Å². The van der Waals surface area contributed by atoms with Gasteiger partial charge in [-0.2, -0.15) is 13.2 Å². The van der Waals surface area contributed by atoms with Crippen molar-refractivity contribution in [3.63, 3.8) is 0 Å². The topological polar surface area (TPSA) is 47.3 Å². The summed E-state index contributed by atoms with van der Waals surface area (Å²) in [5, 5.41) is 2.57. The maximum absolute atomic E-state index is 13.0. The number of ether oxygens (including phenoxy) is 1. The third-order valence-corrected chi connectivity index (χ3v) is 4.35. The Labute approximate surface area is 136 Å². The number of para-hydroxylation sites is 1. The number of nitrogens with two attached hydrogens (primary N) is 1. The third kappa shape index (κ3) is 2.52. The van der Waals surface area contributed by atoms with Crippen molar-refractivity contribution in [1.82, 2.24) is 0 Å². The lowest BCUT2D eigenvalue weighted by Crippen LogP contribution is -2.40. The molecule has 3 rings (SSSR count). The van der Waals surface area contributed by atoms with E-state index in [4.69, 9.17) is 22.1 Å². The highest BCUT2D eigenvalue weighted by molar-refractivity contribution is 6.31. The number of nitrogens with one attached hydrogen (secondary N) is 1. The molecule has 2 aromatic carbocycles. The van der Waals surface area contributed by atoms with Crippen molar-refractivity contribution in [1.29, 1.82) is 0 Å². The standard InChI is InChI=1S/C16H14ClF3N2O/c1-23-14-5-3-2-4-9(14)15(21)8-22-13-7-10(16(18,19)20)12(17)6-11(13)15/h2-7,22H,8,21H2,1H3. The normalized spacial score (nSPS) is 20.1. The Hall–Kier alpha value is -1.92. The Kier molecular flexibility index (Phi) is 3.69. The molecule has 0 amide bonds. The van der Waals surface area contributed by atoms with Crippen LogP contribution < -0.4 is 15.8 Å². The van der Waals surface area contributed by atoms with Crippen LogP contribution in [-0.2, 0) is 11.7 Å². The van der Waals surface area contributed by atoms with E-state index in [9.17, 15) is 13.2 Å². The zero-order valence-electron chi connectivity index (χ0n) is 12.2. The molecule has 1 unspecified atom stereocenters. The summed E-state index contributed by atoms with van der Waals surface area (Å²) in [6.45, 7) is 0.250. The van der Waals surface area contributed by atoms with Crippen LogP contribution in [0.15, 0.2) is 36.4 Å². The molecule has 0 aromatic heterocycles. The van der Waals surface area contributed by atoms with E-state index in [0.29, 0.717) is 22.6 Å². The van der Waals surface area contributed by atoms with Crippen molar-refractivity contribution >= 4 is 17.3 Å². The highest BCUT2D eigenvalue weighted by Crippen LogP contribution is 2.46. The lowest BCUT2D eigenvalue weighted by molar-refractivity contribution is -0.137. The molecule has 0 saturated carbocycles. The molecule has 0 saturated heterocycles. The van der Waals surface area contributed by atoms with Crippen LogP contribution in [0.3, 0.4) is 0 Å². The Balaban J connectivity index is 2.17. The van der Waals surface area contributed by atoms with Crippen LogP contribution in [0.25, 0.3) is 0 Å². The van der Waals surface area contributed by atoms with Gasteiger partial charge in [-0.25, -0.2) is 0 Å². The van der Waals surface area contributed by atoms with E-state index in [2.05, 4.69) is 5.32 Å². The molecular formula is C16H14ClF3N2O. The predicted octanol–water partition coefficient (Wildman–Crippen LogP) is 4.00. The van der Waals surface area contributed by atoms with Crippen molar-refractivity contribution in [2.45, 2.75) is 11.7 Å². The molecule has 0 radical (unpaired) electrons. The molecule has 0 aliphatic carbocycles. The molecule has 3 nitrogen and oxygen atoms in total. The maximum atomic E-state index is 13.0. The van der Waals surface area contributed by atoms with Gasteiger partial charge in [0, 0.05) is 23.4 Å². The monoisotopic (exact) mass is 342 g/mol. The molecule has 1 aliphatic rings. The van der Waals surface area contributed by atoms with Crippen LogP contribution in [0, 0.1) is 0 Å². The molecule has 23 heavy (non-hydrogen) atoms. The number of rotatable bonds is 2. The molecule has 0 bridgehead atoms. The van der Waals surface area contributed by atoms with Crippen LogP contribution in [0.5, 0.6) is 5.75 Å². The van der Waals surface area contributed by atoms with Crippen molar-refractivity contribution in [2.75, 3.05) is 19.0 Å². The van der Waals surface area contributed by atoms with Crippen molar-refractivity contribution in [3.05, 3.63) is 58.1 Å². The molecule has 7 heteroatoms. The molecule has 1 atom stereocenters. The first-order valence-corrected chi connectivity index (χ1v) is 7.22. The van der Waals surface area contributed by atoms with E-state index in [1.807, 2.05) is 0 Å². The number of benzene rings is 2. The highest BCUT2D eigenvalue weighted by atomic mass is 35.5. The van der Waals surface area contributed by atoms with E-state index in [1.54, 1.807) is 24.3 Å². The maximum Gasteiger partial charge on any atom is 0.417 e. The zero-order chi connectivity index (χ0) is 16.8. The number of methoxy groups -OCH3 is 1. The summed E-state index contributed by atoms with van der Waals surface area (Å²) in [7, 11) is 1.52. The first kappa shape index (κ1) is 16.0. The van der Waals surface area contributed by atoms with Gasteiger partial charge in [0.25, 0.3) is 0 Å². The summed E-state index contributed by atoms with van der Waals surface area (Å²) in [6, 6.07) is 9.44. The van der Waals surface area contributed by atoms with Crippen LogP contribution >= 0.6 is 11.6 Å². The van der Waals surface area contributed by atoms with E-state index >= 15 is 0 Å². The number of halogens is 4. The van der Waals surface area contributed by atoms with Gasteiger partial charge < -0.3 is 15.8 Å². The number of anilines is 1. The van der Waals surface area contributed by atoms with Gasteiger partial charge in [0.15, 0.2) is 0 Å². The average molecular weight is 343 g/mol. The van der Waals surface area contributed by atoms with Gasteiger partial charge in [0.1, 0.15) is 5.75 Å². The number of hydrogen-bond acceptors (Lipinski definition) is 3. The second kappa shape index (κ2) is 5.32. The fourth-order valence-electron chi connectivity index (χ4n) is 2.89. The van der Waals surface area contributed by atoms with Crippen LogP contribution in [0.1, 0.15) is 16.7 Å². The van der Waals surface area contributed by atoms with Gasteiger partial charge in [-0.1, -0.05) is 29.8 Å². The van der Waals surface area contributed by atoms with E-state index in [1.165, 1.54) is 13.2 Å². The second-order valence-corrected chi connectivity index (χ2v) is 5.81. The highest BCUT2D eigenvalue weighted by Gasteiger charge is 2.42. The summed E-state index contributed by atoms with van der Waals surface area (Å²) < 4.78 is 44.3. The Bertz CT molecular complexity index is 763. The molecule has 3 N–H and O–H groups in total. The molecule has 1 aliphatic heterocycles. The average Bonchev–Trinajstić information content (AvgIpc) is 2.83. The lowest BCUT2D eigenvalue weighted by Gasteiger charge is -2.27. The second-order valence-electron chi connectivity index (χ2n) is 5.40. The number of fused-ring (bicyclic) bond motifs is 1.